The van der Waals surface area contributed by atoms with E-state index in [1.54, 1.807) is 41.1 Å². The number of rotatable bonds is 2. The van der Waals surface area contributed by atoms with Gasteiger partial charge in [-0.05, 0) is 58.2 Å². The Balaban J connectivity index is 1.71. The average molecular weight is 475 g/mol. The fraction of sp³-hybridized carbons (Fsp3) is 0.458. The lowest BCUT2D eigenvalue weighted by Gasteiger charge is -2.44. The Hall–Kier alpha value is -2.87. The van der Waals surface area contributed by atoms with Crippen LogP contribution in [-0.4, -0.2) is 46.7 Å². The SMILES string of the molecule is Cc1cccc(F)c1N1Cc2cnc(Cl)cc2N([C@H]2CCCN(C(=O)OC(C)(C)C)C2)C1=O. The number of carbonyl (C=O) groups excluding carboxylic acids is 2. The number of pyridine rings is 1. The molecule has 9 heteroatoms. The molecule has 0 bridgehead atoms. The third-order valence-electron chi connectivity index (χ3n) is 5.83. The summed E-state index contributed by atoms with van der Waals surface area (Å²) >= 11 is 6.18. The fourth-order valence-electron chi connectivity index (χ4n) is 4.42. The predicted molar refractivity (Wildman–Crippen MR) is 125 cm³/mol. The summed E-state index contributed by atoms with van der Waals surface area (Å²) in [7, 11) is 0. The van der Waals surface area contributed by atoms with Gasteiger partial charge in [-0.1, -0.05) is 23.7 Å². The van der Waals surface area contributed by atoms with Crippen LogP contribution in [0.5, 0.6) is 0 Å². The zero-order valence-electron chi connectivity index (χ0n) is 19.3. The highest BCUT2D eigenvalue weighted by Crippen LogP contribution is 2.37. The van der Waals surface area contributed by atoms with Crippen LogP contribution < -0.4 is 9.80 Å². The number of aromatic nitrogens is 1. The first-order valence-electron chi connectivity index (χ1n) is 11.0. The molecular formula is C24H28ClFN4O3. The van der Waals surface area contributed by atoms with Crippen molar-refractivity contribution >= 4 is 35.1 Å². The van der Waals surface area contributed by atoms with Crippen LogP contribution in [0.4, 0.5) is 25.4 Å². The number of urea groups is 1. The summed E-state index contributed by atoms with van der Waals surface area (Å²) in [5.74, 6) is -0.465. The molecule has 0 saturated carbocycles. The van der Waals surface area contributed by atoms with E-state index in [0.717, 1.165) is 5.56 Å². The molecule has 33 heavy (non-hydrogen) atoms. The van der Waals surface area contributed by atoms with Gasteiger partial charge in [0.1, 0.15) is 16.6 Å². The number of ether oxygens (including phenoxy) is 1. The minimum absolute atomic E-state index is 0.180. The minimum Gasteiger partial charge on any atom is -0.444 e. The monoisotopic (exact) mass is 474 g/mol. The van der Waals surface area contributed by atoms with Crippen molar-refractivity contribution in [2.75, 3.05) is 22.9 Å². The number of halogens is 2. The van der Waals surface area contributed by atoms with E-state index in [9.17, 15) is 14.0 Å². The number of piperidine rings is 1. The second-order valence-corrected chi connectivity index (χ2v) is 9.89. The van der Waals surface area contributed by atoms with Crippen molar-refractivity contribution in [2.24, 2.45) is 0 Å². The number of aryl methyl sites for hydroxylation is 1. The quantitative estimate of drug-likeness (QED) is 0.537. The zero-order chi connectivity index (χ0) is 23.9. The van der Waals surface area contributed by atoms with Gasteiger partial charge < -0.3 is 9.64 Å². The van der Waals surface area contributed by atoms with E-state index >= 15 is 0 Å². The van der Waals surface area contributed by atoms with E-state index in [0.29, 0.717) is 37.2 Å². The molecule has 3 amide bonds. The highest BCUT2D eigenvalue weighted by atomic mass is 35.5. The Bertz CT molecular complexity index is 1070. The smallest absolute Gasteiger partial charge is 0.410 e. The summed E-state index contributed by atoms with van der Waals surface area (Å²) in [5.41, 5.74) is 1.69. The molecule has 0 radical (unpaired) electrons. The third-order valence-corrected chi connectivity index (χ3v) is 6.03. The van der Waals surface area contributed by atoms with Gasteiger partial charge in [0.05, 0.1) is 24.0 Å². The van der Waals surface area contributed by atoms with E-state index in [4.69, 9.17) is 16.3 Å². The maximum absolute atomic E-state index is 14.8. The van der Waals surface area contributed by atoms with Gasteiger partial charge in [-0.15, -0.1) is 0 Å². The normalized spacial score (nSPS) is 18.9. The molecule has 2 aliphatic rings. The van der Waals surface area contributed by atoms with Crippen molar-refractivity contribution in [2.45, 2.75) is 58.7 Å². The summed E-state index contributed by atoms with van der Waals surface area (Å²) in [5, 5.41) is 0.266. The molecule has 7 nitrogen and oxygen atoms in total. The summed E-state index contributed by atoms with van der Waals surface area (Å²) in [4.78, 5) is 35.4. The zero-order valence-corrected chi connectivity index (χ0v) is 20.0. The van der Waals surface area contributed by atoms with Gasteiger partial charge in [-0.25, -0.2) is 19.0 Å². The number of benzene rings is 1. The van der Waals surface area contributed by atoms with E-state index in [1.165, 1.54) is 11.0 Å². The first-order valence-corrected chi connectivity index (χ1v) is 11.4. The highest BCUT2D eigenvalue weighted by molar-refractivity contribution is 6.29. The number of anilines is 2. The summed E-state index contributed by atoms with van der Waals surface area (Å²) < 4.78 is 20.4. The Morgan fingerprint density at radius 2 is 2.06 bits per heavy atom. The second-order valence-electron chi connectivity index (χ2n) is 9.50. The van der Waals surface area contributed by atoms with Gasteiger partial charge >= 0.3 is 12.1 Å². The predicted octanol–water partition coefficient (Wildman–Crippen LogP) is 5.53. The van der Waals surface area contributed by atoms with Crippen LogP contribution in [0.1, 0.15) is 44.7 Å². The van der Waals surface area contributed by atoms with Crippen LogP contribution in [0.15, 0.2) is 30.5 Å². The highest BCUT2D eigenvalue weighted by Gasteiger charge is 2.40. The van der Waals surface area contributed by atoms with Crippen LogP contribution in [0.3, 0.4) is 0 Å². The lowest BCUT2D eigenvalue weighted by molar-refractivity contribution is 0.0199. The minimum atomic E-state index is -0.615. The van der Waals surface area contributed by atoms with Gasteiger partial charge in [0, 0.05) is 24.8 Å². The van der Waals surface area contributed by atoms with Crippen LogP contribution in [0.2, 0.25) is 5.15 Å². The molecule has 0 aliphatic carbocycles. The summed E-state index contributed by atoms with van der Waals surface area (Å²) in [6.07, 6.45) is 2.61. The Labute approximate surface area is 198 Å². The van der Waals surface area contributed by atoms with E-state index < -0.39 is 17.5 Å². The number of fused-ring (bicyclic) bond motifs is 1. The molecule has 2 aromatic rings. The molecule has 1 aromatic carbocycles. The molecule has 1 saturated heterocycles. The molecule has 0 spiro atoms. The molecule has 1 aromatic heterocycles. The topological polar surface area (TPSA) is 66.0 Å². The molecule has 176 valence electrons. The molecule has 2 aliphatic heterocycles. The summed E-state index contributed by atoms with van der Waals surface area (Å²) in [6.45, 7) is 8.27. The second kappa shape index (κ2) is 8.82. The lowest BCUT2D eigenvalue weighted by Crippen LogP contribution is -2.58. The van der Waals surface area contributed by atoms with Gasteiger partial charge in [-0.2, -0.15) is 0 Å². The lowest BCUT2D eigenvalue weighted by atomic mass is 10.0. The first-order chi connectivity index (χ1) is 15.5. The van der Waals surface area contributed by atoms with Crippen molar-refractivity contribution in [3.8, 4) is 0 Å². The number of carbonyl (C=O) groups is 2. The summed E-state index contributed by atoms with van der Waals surface area (Å²) in [6, 6.07) is 5.74. The molecule has 1 fully saturated rings. The van der Waals surface area contributed by atoms with Crippen molar-refractivity contribution in [1.29, 1.82) is 0 Å². The number of para-hydroxylation sites is 1. The van der Waals surface area contributed by atoms with E-state index in [1.807, 2.05) is 20.8 Å². The van der Waals surface area contributed by atoms with E-state index in [2.05, 4.69) is 4.98 Å². The third kappa shape index (κ3) is 4.76. The number of likely N-dealkylation sites (tertiary alicyclic amines) is 1. The Kier molecular flexibility index (Phi) is 6.22. The van der Waals surface area contributed by atoms with Gasteiger partial charge in [0.25, 0.3) is 0 Å². The number of hydrogen-bond acceptors (Lipinski definition) is 4. The molecule has 0 N–H and O–H groups in total. The van der Waals surface area contributed by atoms with E-state index in [-0.39, 0.29) is 29.5 Å². The maximum Gasteiger partial charge on any atom is 0.410 e. The van der Waals surface area contributed by atoms with Gasteiger partial charge in [0.2, 0.25) is 0 Å². The van der Waals surface area contributed by atoms with Crippen molar-refractivity contribution < 1.29 is 18.7 Å². The van der Waals surface area contributed by atoms with Crippen molar-refractivity contribution in [1.82, 2.24) is 9.88 Å². The Morgan fingerprint density at radius 3 is 2.76 bits per heavy atom. The number of amides is 3. The molecular weight excluding hydrogens is 447 g/mol. The van der Waals surface area contributed by atoms with Crippen LogP contribution in [0.25, 0.3) is 0 Å². The van der Waals surface area contributed by atoms with Crippen LogP contribution in [0, 0.1) is 12.7 Å². The average Bonchev–Trinajstić information content (AvgIpc) is 2.73. The van der Waals surface area contributed by atoms with Crippen LogP contribution >= 0.6 is 11.6 Å². The number of hydrogen-bond donors (Lipinski definition) is 0. The van der Waals surface area contributed by atoms with Crippen LogP contribution in [-0.2, 0) is 11.3 Å². The van der Waals surface area contributed by atoms with Gasteiger partial charge in [0.15, 0.2) is 0 Å². The Morgan fingerprint density at radius 1 is 1.30 bits per heavy atom. The number of nitrogens with zero attached hydrogens (tertiary/aromatic N) is 4. The maximum atomic E-state index is 14.8. The molecule has 4 rings (SSSR count). The van der Waals surface area contributed by atoms with Gasteiger partial charge in [-0.3, -0.25) is 9.80 Å². The standard InChI is InChI=1S/C24H28ClFN4O3/c1-15-7-5-9-18(26)21(15)29-13-16-12-27-20(25)11-19(16)30(22(29)31)17-8-6-10-28(14-17)23(32)33-24(2,3)4/h5,7,9,11-12,17H,6,8,10,13-14H2,1-4H3/t17-/m0/s1. The van der Waals surface area contributed by atoms with Crippen molar-refractivity contribution in [3.05, 3.63) is 52.6 Å². The fourth-order valence-corrected chi connectivity index (χ4v) is 4.57. The largest absolute Gasteiger partial charge is 0.444 e. The first kappa shape index (κ1) is 23.3. The molecule has 0 unspecified atom stereocenters. The van der Waals surface area contributed by atoms with Crippen molar-refractivity contribution in [3.63, 3.8) is 0 Å². The molecule has 3 heterocycles. The molecule has 1 atom stereocenters.